The Morgan fingerprint density at radius 2 is 1.53 bits per heavy atom. The Balaban J connectivity index is 3.37. The van der Waals surface area contributed by atoms with Gasteiger partial charge in [0, 0.05) is 11.5 Å². The van der Waals surface area contributed by atoms with E-state index >= 15 is 0 Å². The Bertz CT molecular complexity index is 332. The maximum absolute atomic E-state index is 6.49. The number of halogens is 1. The molecule has 0 aliphatic heterocycles. The Kier molecular flexibility index (Phi) is 3.48. The Labute approximate surface area is 99.9 Å². The van der Waals surface area contributed by atoms with Gasteiger partial charge in [0.05, 0.1) is 13.1 Å². The summed E-state index contributed by atoms with van der Waals surface area (Å²) in [5.74, 6) is 0. The van der Waals surface area contributed by atoms with E-state index in [9.17, 15) is 0 Å². The maximum atomic E-state index is 6.49. The second kappa shape index (κ2) is 4.03. The average molecular weight is 258 g/mol. The minimum Gasteiger partial charge on any atom is -0.265 e. The highest BCUT2D eigenvalue weighted by molar-refractivity contribution is 6.93. The summed E-state index contributed by atoms with van der Waals surface area (Å²) in [6.07, 6.45) is 1.92. The Hall–Kier alpha value is -0.126. The molecule has 15 heavy (non-hydrogen) atoms. The zero-order chi connectivity index (χ0) is 11.9. The van der Waals surface area contributed by atoms with Crippen LogP contribution in [0.1, 0.15) is 0 Å². The summed E-state index contributed by atoms with van der Waals surface area (Å²) < 4.78 is 0. The first-order valence-corrected chi connectivity index (χ1v) is 12.7. The first-order chi connectivity index (χ1) is 6.64. The molecule has 0 aromatic carbocycles. The van der Waals surface area contributed by atoms with Crippen molar-refractivity contribution < 1.29 is 0 Å². The van der Waals surface area contributed by atoms with Crippen LogP contribution < -0.4 is 10.5 Å². The van der Waals surface area contributed by atoms with E-state index in [0.717, 1.165) is 10.3 Å². The molecule has 0 aliphatic rings. The van der Waals surface area contributed by atoms with Crippen LogP contribution in [0.2, 0.25) is 44.3 Å². The Morgan fingerprint density at radius 3 is 1.93 bits per heavy atom. The van der Waals surface area contributed by atoms with Gasteiger partial charge in [-0.1, -0.05) is 50.9 Å². The topological polar surface area (TPSA) is 12.9 Å². The van der Waals surface area contributed by atoms with Gasteiger partial charge < -0.3 is 0 Å². The lowest BCUT2D eigenvalue weighted by atomic mass is 10.5. The molecule has 1 aromatic rings. The van der Waals surface area contributed by atoms with Crippen molar-refractivity contribution in [2.45, 2.75) is 39.3 Å². The summed E-state index contributed by atoms with van der Waals surface area (Å²) in [7, 11) is -2.75. The first-order valence-electron chi connectivity index (χ1n) is 5.29. The predicted molar refractivity (Wildman–Crippen MR) is 75.2 cm³/mol. The molecule has 1 nitrogen and oxygen atoms in total. The van der Waals surface area contributed by atoms with Gasteiger partial charge in [-0.25, -0.2) is 0 Å². The fourth-order valence-electron chi connectivity index (χ4n) is 1.55. The van der Waals surface area contributed by atoms with Gasteiger partial charge in [0.25, 0.3) is 0 Å². The summed E-state index contributed by atoms with van der Waals surface area (Å²) in [5.41, 5.74) is 0. The molecule has 0 atom stereocenters. The number of hydrogen-bond acceptors (Lipinski definition) is 1. The molecular formula is C11H20ClNSi2. The van der Waals surface area contributed by atoms with E-state index in [1.54, 1.807) is 0 Å². The van der Waals surface area contributed by atoms with Crippen molar-refractivity contribution in [2.75, 3.05) is 0 Å². The molecule has 84 valence electrons. The van der Waals surface area contributed by atoms with Crippen LogP contribution in [0.4, 0.5) is 0 Å². The lowest BCUT2D eigenvalue weighted by Crippen LogP contribution is -2.48. The summed E-state index contributed by atoms with van der Waals surface area (Å²) >= 11 is 6.49. The molecule has 0 saturated carbocycles. The summed E-state index contributed by atoms with van der Waals surface area (Å²) in [5, 5.41) is 3.44. The molecule has 1 rings (SSSR count). The molecule has 0 fully saturated rings. The molecule has 0 unspecified atom stereocenters. The number of aromatic nitrogens is 1. The summed E-state index contributed by atoms with van der Waals surface area (Å²) in [4.78, 5) is 4.48. The highest BCUT2D eigenvalue weighted by Gasteiger charge is 2.27. The van der Waals surface area contributed by atoms with Gasteiger partial charge in [0.15, 0.2) is 0 Å². The van der Waals surface area contributed by atoms with Crippen LogP contribution in [0.5, 0.6) is 0 Å². The quantitative estimate of drug-likeness (QED) is 0.743. The molecule has 0 radical (unpaired) electrons. The maximum Gasteiger partial charge on any atom is 0.103 e. The average Bonchev–Trinajstić information content (AvgIpc) is 1.99. The molecule has 0 spiro atoms. The van der Waals surface area contributed by atoms with Gasteiger partial charge in [0.2, 0.25) is 0 Å². The van der Waals surface area contributed by atoms with Crippen LogP contribution in [-0.4, -0.2) is 21.1 Å². The van der Waals surface area contributed by atoms with E-state index < -0.39 is 16.1 Å². The third-order valence-electron chi connectivity index (χ3n) is 2.41. The van der Waals surface area contributed by atoms with Crippen molar-refractivity contribution in [3.8, 4) is 0 Å². The second-order valence-electron chi connectivity index (χ2n) is 6.02. The molecule has 4 heteroatoms. The number of nitrogens with zero attached hydrogens (tertiary/aromatic N) is 1. The fraction of sp³-hybridized carbons (Fsp3) is 0.545. The Morgan fingerprint density at radius 1 is 1.00 bits per heavy atom. The third kappa shape index (κ3) is 2.92. The van der Waals surface area contributed by atoms with Crippen LogP contribution in [0.3, 0.4) is 0 Å². The smallest absolute Gasteiger partial charge is 0.103 e. The molecule has 0 amide bonds. The van der Waals surface area contributed by atoms with E-state index in [1.807, 2.05) is 6.20 Å². The van der Waals surface area contributed by atoms with Crippen molar-refractivity contribution in [3.05, 3.63) is 17.3 Å². The van der Waals surface area contributed by atoms with Crippen molar-refractivity contribution >= 4 is 38.3 Å². The first kappa shape index (κ1) is 12.9. The van der Waals surface area contributed by atoms with Gasteiger partial charge in [-0.05, 0) is 11.3 Å². The van der Waals surface area contributed by atoms with Gasteiger partial charge >= 0.3 is 0 Å². The molecule has 1 aromatic heterocycles. The van der Waals surface area contributed by atoms with Crippen LogP contribution in [0, 0.1) is 0 Å². The van der Waals surface area contributed by atoms with Crippen LogP contribution in [0.25, 0.3) is 0 Å². The predicted octanol–water partition coefficient (Wildman–Crippen LogP) is 2.83. The molecular weight excluding hydrogens is 238 g/mol. The second-order valence-corrected chi connectivity index (χ2v) is 16.4. The molecule has 0 N–H and O–H groups in total. The van der Waals surface area contributed by atoms with Gasteiger partial charge in [-0.3, -0.25) is 4.98 Å². The standard InChI is InChI=1S/C11H20ClNSi2/c1-14(2,3)9-7-8-13-11(10(9)12)15(4,5)6/h7-8H,1-6H3. The summed E-state index contributed by atoms with van der Waals surface area (Å²) in [6.45, 7) is 13.8. The van der Waals surface area contributed by atoms with Crippen LogP contribution >= 0.6 is 11.6 Å². The van der Waals surface area contributed by atoms with E-state index in [-0.39, 0.29) is 0 Å². The zero-order valence-corrected chi connectivity index (χ0v) is 13.2. The highest BCUT2D eigenvalue weighted by Crippen LogP contribution is 2.13. The lowest BCUT2D eigenvalue weighted by Gasteiger charge is -2.23. The summed E-state index contributed by atoms with van der Waals surface area (Å²) in [6, 6.07) is 2.10. The van der Waals surface area contributed by atoms with Crippen LogP contribution in [-0.2, 0) is 0 Å². The van der Waals surface area contributed by atoms with E-state index in [2.05, 4.69) is 50.3 Å². The van der Waals surface area contributed by atoms with E-state index in [4.69, 9.17) is 11.6 Å². The molecule has 0 saturated heterocycles. The van der Waals surface area contributed by atoms with E-state index in [0.29, 0.717) is 0 Å². The number of rotatable bonds is 2. The lowest BCUT2D eigenvalue weighted by molar-refractivity contribution is 1.37. The largest absolute Gasteiger partial charge is 0.265 e. The van der Waals surface area contributed by atoms with Crippen molar-refractivity contribution in [1.29, 1.82) is 0 Å². The molecule has 0 aliphatic carbocycles. The SMILES string of the molecule is C[Si](C)(C)c1ccnc([Si](C)(C)C)c1Cl. The zero-order valence-electron chi connectivity index (χ0n) is 10.5. The minimum atomic E-state index is -1.41. The van der Waals surface area contributed by atoms with Crippen molar-refractivity contribution in [1.82, 2.24) is 4.98 Å². The number of pyridine rings is 1. The third-order valence-corrected chi connectivity index (χ3v) is 6.94. The highest BCUT2D eigenvalue weighted by atomic mass is 35.5. The van der Waals surface area contributed by atoms with E-state index in [1.165, 1.54) is 5.19 Å². The number of hydrogen-bond donors (Lipinski definition) is 0. The van der Waals surface area contributed by atoms with Gasteiger partial charge in [-0.2, -0.15) is 0 Å². The minimum absolute atomic E-state index is 0.941. The normalized spacial score (nSPS) is 13.0. The molecule has 0 bridgehead atoms. The molecule has 1 heterocycles. The monoisotopic (exact) mass is 257 g/mol. The van der Waals surface area contributed by atoms with Gasteiger partial charge in [-0.15, -0.1) is 0 Å². The van der Waals surface area contributed by atoms with Crippen LogP contribution in [0.15, 0.2) is 12.3 Å². The fourth-order valence-corrected chi connectivity index (χ4v) is 6.09. The van der Waals surface area contributed by atoms with Crippen molar-refractivity contribution in [2.24, 2.45) is 0 Å². The van der Waals surface area contributed by atoms with Crippen molar-refractivity contribution in [3.63, 3.8) is 0 Å². The van der Waals surface area contributed by atoms with Gasteiger partial charge in [0.1, 0.15) is 8.07 Å².